The smallest absolute Gasteiger partial charge is 0.0300 e. The van der Waals surface area contributed by atoms with Gasteiger partial charge in [0, 0.05) is 14.7 Å². The first-order chi connectivity index (χ1) is 14.3. The number of hydrogen-bond acceptors (Lipinski definition) is 0. The Hall–Kier alpha value is -2.91. The van der Waals surface area contributed by atoms with Crippen LogP contribution in [0.3, 0.4) is 0 Å². The number of rotatable bonds is 3. The Bertz CT molecular complexity index is 1180. The summed E-state index contributed by atoms with van der Waals surface area (Å²) in [5, 5.41) is 0. The third-order valence-corrected chi connectivity index (χ3v) is 6.42. The molecule has 0 heterocycles. The highest BCUT2D eigenvalue weighted by Crippen LogP contribution is 2.51. The third kappa shape index (κ3) is 3.26. The van der Waals surface area contributed by atoms with Crippen LogP contribution in [0.1, 0.15) is 27.8 Å². The summed E-state index contributed by atoms with van der Waals surface area (Å²) in [6, 6.07) is 41.0. The summed E-state index contributed by atoms with van der Waals surface area (Å²) in [5.41, 5.74) is 10.3. The molecule has 1 heteroatoms. The normalized spacial score (nSPS) is 12.8. The SMILES string of the molecule is IC1=C(c2ccccc2)c2ccccc2C1=C(c1ccccc1)c1ccccc1. The highest BCUT2D eigenvalue weighted by Gasteiger charge is 2.28. The topological polar surface area (TPSA) is 0 Å². The van der Waals surface area contributed by atoms with E-state index in [0.29, 0.717) is 0 Å². The van der Waals surface area contributed by atoms with Crippen molar-refractivity contribution >= 4 is 39.3 Å². The number of fused-ring (bicyclic) bond motifs is 1. The average molecular weight is 482 g/mol. The number of allylic oxidation sites excluding steroid dienone is 2. The molecule has 0 fully saturated rings. The average Bonchev–Trinajstić information content (AvgIpc) is 3.08. The van der Waals surface area contributed by atoms with Crippen LogP contribution in [0.25, 0.3) is 16.7 Å². The molecule has 29 heavy (non-hydrogen) atoms. The fourth-order valence-electron chi connectivity index (χ4n) is 4.08. The van der Waals surface area contributed by atoms with Crippen LogP contribution in [0.5, 0.6) is 0 Å². The lowest BCUT2D eigenvalue weighted by Crippen LogP contribution is -1.93. The van der Waals surface area contributed by atoms with Gasteiger partial charge in [0.2, 0.25) is 0 Å². The van der Waals surface area contributed by atoms with Gasteiger partial charge in [0.05, 0.1) is 0 Å². The summed E-state index contributed by atoms with van der Waals surface area (Å²) in [5.74, 6) is 0. The standard InChI is InChI=1S/C28H19I/c29-28-26(22-16-8-3-9-17-22)23-18-10-11-19-24(23)27(28)25(20-12-4-1-5-13-20)21-14-6-2-7-15-21/h1-19H. The summed E-state index contributed by atoms with van der Waals surface area (Å²) >= 11 is 2.55. The second-order valence-corrected chi connectivity index (χ2v) is 8.16. The quantitative estimate of drug-likeness (QED) is 0.261. The molecule has 5 rings (SSSR count). The summed E-state index contributed by atoms with van der Waals surface area (Å²) in [6.07, 6.45) is 0. The van der Waals surface area contributed by atoms with Crippen molar-refractivity contribution in [1.29, 1.82) is 0 Å². The lowest BCUT2D eigenvalue weighted by atomic mass is 9.90. The van der Waals surface area contributed by atoms with Gasteiger partial charge in [0.15, 0.2) is 0 Å². The fourth-order valence-corrected chi connectivity index (χ4v) is 5.24. The van der Waals surface area contributed by atoms with E-state index in [1.54, 1.807) is 0 Å². The number of halogens is 1. The molecule has 0 radical (unpaired) electrons. The van der Waals surface area contributed by atoms with E-state index in [2.05, 4.69) is 138 Å². The van der Waals surface area contributed by atoms with Gasteiger partial charge in [-0.05, 0) is 56.0 Å². The van der Waals surface area contributed by atoms with Gasteiger partial charge in [0.1, 0.15) is 0 Å². The molecule has 0 atom stereocenters. The van der Waals surface area contributed by atoms with Gasteiger partial charge >= 0.3 is 0 Å². The predicted octanol–water partition coefficient (Wildman–Crippen LogP) is 7.85. The van der Waals surface area contributed by atoms with Gasteiger partial charge in [0.25, 0.3) is 0 Å². The fraction of sp³-hybridized carbons (Fsp3) is 0. The highest BCUT2D eigenvalue weighted by atomic mass is 127. The van der Waals surface area contributed by atoms with Gasteiger partial charge in [-0.3, -0.25) is 0 Å². The van der Waals surface area contributed by atoms with Crippen molar-refractivity contribution in [3.8, 4) is 0 Å². The van der Waals surface area contributed by atoms with E-state index in [1.807, 2.05) is 0 Å². The second kappa shape index (κ2) is 7.84. The Morgan fingerprint density at radius 2 is 0.931 bits per heavy atom. The maximum Gasteiger partial charge on any atom is 0.0300 e. The molecule has 4 aromatic rings. The van der Waals surface area contributed by atoms with E-state index in [4.69, 9.17) is 0 Å². The van der Waals surface area contributed by atoms with Crippen LogP contribution in [0.15, 0.2) is 119 Å². The molecule has 0 nitrogen and oxygen atoms in total. The monoisotopic (exact) mass is 482 g/mol. The van der Waals surface area contributed by atoms with Crippen LogP contribution in [0.4, 0.5) is 0 Å². The summed E-state index contributed by atoms with van der Waals surface area (Å²) < 4.78 is 1.30. The largest absolute Gasteiger partial charge is 0.0622 e. The molecular formula is C28H19I. The minimum atomic E-state index is 1.24. The number of hydrogen-bond donors (Lipinski definition) is 0. The molecule has 0 saturated carbocycles. The van der Waals surface area contributed by atoms with Gasteiger partial charge in [-0.1, -0.05) is 115 Å². The van der Waals surface area contributed by atoms with E-state index >= 15 is 0 Å². The maximum atomic E-state index is 2.55. The van der Waals surface area contributed by atoms with E-state index in [1.165, 1.54) is 48.1 Å². The lowest BCUT2D eigenvalue weighted by Gasteiger charge is -2.15. The van der Waals surface area contributed by atoms with Gasteiger partial charge in [-0.2, -0.15) is 0 Å². The second-order valence-electron chi connectivity index (χ2n) is 7.08. The van der Waals surface area contributed by atoms with E-state index in [9.17, 15) is 0 Å². The molecule has 0 unspecified atom stereocenters. The molecule has 0 N–H and O–H groups in total. The maximum absolute atomic E-state index is 2.55. The first-order valence-corrected chi connectivity index (χ1v) is 10.8. The van der Waals surface area contributed by atoms with Crippen molar-refractivity contribution in [2.45, 2.75) is 0 Å². The summed E-state index contributed by atoms with van der Waals surface area (Å²) in [7, 11) is 0. The Morgan fingerprint density at radius 3 is 1.48 bits per heavy atom. The molecule has 1 aliphatic rings. The molecule has 0 aromatic heterocycles. The Balaban J connectivity index is 1.89. The first kappa shape index (κ1) is 18.1. The molecular weight excluding hydrogens is 463 g/mol. The zero-order valence-corrected chi connectivity index (χ0v) is 18.0. The molecule has 0 bridgehead atoms. The van der Waals surface area contributed by atoms with Gasteiger partial charge < -0.3 is 0 Å². The first-order valence-electron chi connectivity index (χ1n) is 9.75. The van der Waals surface area contributed by atoms with E-state index in [-0.39, 0.29) is 0 Å². The van der Waals surface area contributed by atoms with Crippen LogP contribution in [-0.4, -0.2) is 0 Å². The molecule has 1 aliphatic carbocycles. The van der Waals surface area contributed by atoms with Crippen molar-refractivity contribution in [2.24, 2.45) is 0 Å². The molecule has 0 amide bonds. The van der Waals surface area contributed by atoms with Crippen LogP contribution >= 0.6 is 22.6 Å². The van der Waals surface area contributed by atoms with Crippen LogP contribution in [0, 0.1) is 0 Å². The Labute approximate surface area is 185 Å². The summed E-state index contributed by atoms with van der Waals surface area (Å²) in [6.45, 7) is 0. The Morgan fingerprint density at radius 1 is 0.483 bits per heavy atom. The molecule has 138 valence electrons. The van der Waals surface area contributed by atoms with Crippen LogP contribution in [0.2, 0.25) is 0 Å². The van der Waals surface area contributed by atoms with Crippen molar-refractivity contribution in [3.05, 3.63) is 147 Å². The molecule has 0 saturated heterocycles. The zero-order chi connectivity index (χ0) is 19.6. The van der Waals surface area contributed by atoms with E-state index in [0.717, 1.165) is 0 Å². The highest BCUT2D eigenvalue weighted by molar-refractivity contribution is 14.1. The lowest BCUT2D eigenvalue weighted by molar-refractivity contribution is 1.53. The van der Waals surface area contributed by atoms with E-state index < -0.39 is 0 Å². The Kier molecular flexibility index (Phi) is 4.91. The minimum Gasteiger partial charge on any atom is -0.0622 e. The predicted molar refractivity (Wildman–Crippen MR) is 132 cm³/mol. The van der Waals surface area contributed by atoms with Crippen molar-refractivity contribution < 1.29 is 0 Å². The van der Waals surface area contributed by atoms with Crippen molar-refractivity contribution in [3.63, 3.8) is 0 Å². The van der Waals surface area contributed by atoms with Crippen molar-refractivity contribution in [2.75, 3.05) is 0 Å². The van der Waals surface area contributed by atoms with Crippen LogP contribution in [-0.2, 0) is 0 Å². The molecule has 4 aromatic carbocycles. The third-order valence-electron chi connectivity index (χ3n) is 5.34. The van der Waals surface area contributed by atoms with Gasteiger partial charge in [-0.15, -0.1) is 0 Å². The molecule has 0 spiro atoms. The van der Waals surface area contributed by atoms with Crippen LogP contribution < -0.4 is 0 Å². The summed E-state index contributed by atoms with van der Waals surface area (Å²) in [4.78, 5) is 0. The van der Waals surface area contributed by atoms with Crippen molar-refractivity contribution in [1.82, 2.24) is 0 Å². The minimum absolute atomic E-state index is 1.24. The number of benzene rings is 4. The molecule has 0 aliphatic heterocycles. The zero-order valence-electron chi connectivity index (χ0n) is 15.8. The van der Waals surface area contributed by atoms with Gasteiger partial charge in [-0.25, -0.2) is 0 Å².